The lowest BCUT2D eigenvalue weighted by atomic mass is 10.3. The first kappa shape index (κ1) is 12.5. The minimum absolute atomic E-state index is 0.298. The number of rotatable bonds is 5. The van der Waals surface area contributed by atoms with Gasteiger partial charge in [0.1, 0.15) is 17.3 Å². The van der Waals surface area contributed by atoms with Crippen molar-refractivity contribution < 1.29 is 4.74 Å². The Morgan fingerprint density at radius 1 is 1.47 bits per heavy atom. The average Bonchev–Trinajstić information content (AvgIpc) is 2.25. The average molecular weight is 250 g/mol. The summed E-state index contributed by atoms with van der Waals surface area (Å²) in [6.45, 7) is 1.35. The Bertz CT molecular complexity index is 322. The molecule has 6 heteroatoms. The molecule has 0 radical (unpaired) electrons. The van der Waals surface area contributed by atoms with Gasteiger partial charge in [0.25, 0.3) is 0 Å². The van der Waals surface area contributed by atoms with Crippen LogP contribution >= 0.6 is 23.2 Å². The molecular formula is C9H13Cl2N3O. The molecule has 1 rings (SSSR count). The lowest BCUT2D eigenvalue weighted by Gasteiger charge is -2.20. The number of alkyl halides is 1. The highest BCUT2D eigenvalue weighted by Crippen LogP contribution is 2.23. The summed E-state index contributed by atoms with van der Waals surface area (Å²) in [5, 5.41) is 0.402. The molecule has 0 aromatic carbocycles. The van der Waals surface area contributed by atoms with Crippen LogP contribution in [0.25, 0.3) is 0 Å². The van der Waals surface area contributed by atoms with Crippen LogP contribution in [0.5, 0.6) is 0 Å². The van der Waals surface area contributed by atoms with Gasteiger partial charge in [-0.1, -0.05) is 11.6 Å². The zero-order valence-corrected chi connectivity index (χ0v) is 10.2. The van der Waals surface area contributed by atoms with E-state index < -0.39 is 0 Å². The van der Waals surface area contributed by atoms with Gasteiger partial charge in [-0.05, 0) is 0 Å². The number of halogens is 2. The second-order valence-electron chi connectivity index (χ2n) is 3.01. The van der Waals surface area contributed by atoms with E-state index in [1.807, 2.05) is 11.9 Å². The maximum Gasteiger partial charge on any atom is 0.138 e. The summed E-state index contributed by atoms with van der Waals surface area (Å²) in [6.07, 6.45) is 1.43. The summed E-state index contributed by atoms with van der Waals surface area (Å²) in [7, 11) is 3.57. The summed E-state index contributed by atoms with van der Waals surface area (Å²) in [6, 6.07) is 0. The Labute approximate surface area is 99.2 Å². The molecular weight excluding hydrogens is 237 g/mol. The van der Waals surface area contributed by atoms with Crippen molar-refractivity contribution in [3.63, 3.8) is 0 Å². The predicted molar refractivity (Wildman–Crippen MR) is 61.7 cm³/mol. The van der Waals surface area contributed by atoms with E-state index in [1.54, 1.807) is 7.11 Å². The van der Waals surface area contributed by atoms with Crippen LogP contribution in [0.3, 0.4) is 0 Å². The molecule has 0 amide bonds. The van der Waals surface area contributed by atoms with Crippen LogP contribution in [0.15, 0.2) is 6.33 Å². The molecule has 0 unspecified atom stereocenters. The number of likely N-dealkylation sites (N-methyl/N-ethyl adjacent to an activating group) is 1. The Hall–Kier alpha value is -0.580. The second-order valence-corrected chi connectivity index (χ2v) is 3.64. The maximum absolute atomic E-state index is 5.91. The molecule has 0 aliphatic heterocycles. The van der Waals surface area contributed by atoms with Gasteiger partial charge in [0, 0.05) is 26.3 Å². The third kappa shape index (κ3) is 3.19. The normalized spacial score (nSPS) is 10.4. The van der Waals surface area contributed by atoms with Crippen molar-refractivity contribution in [3.8, 4) is 0 Å². The minimum atomic E-state index is 0.298. The van der Waals surface area contributed by atoms with Gasteiger partial charge in [-0.15, -0.1) is 11.6 Å². The number of methoxy groups -OCH3 is 1. The number of hydrogen-bond acceptors (Lipinski definition) is 4. The first-order valence-electron chi connectivity index (χ1n) is 4.46. The molecule has 0 aliphatic rings. The highest BCUT2D eigenvalue weighted by molar-refractivity contribution is 6.31. The molecule has 15 heavy (non-hydrogen) atoms. The molecule has 0 bridgehead atoms. The van der Waals surface area contributed by atoms with E-state index in [2.05, 4.69) is 9.97 Å². The Balaban J connectivity index is 2.87. The van der Waals surface area contributed by atoms with Crippen LogP contribution in [0.1, 0.15) is 5.56 Å². The van der Waals surface area contributed by atoms with E-state index >= 15 is 0 Å². The first-order valence-corrected chi connectivity index (χ1v) is 5.37. The standard InChI is InChI=1S/C9H13Cl2N3O/c1-14(3-4-15-2)9-7(5-10)8(11)12-6-13-9/h6H,3-5H2,1-2H3. The summed E-state index contributed by atoms with van der Waals surface area (Å²) >= 11 is 11.7. The van der Waals surface area contributed by atoms with E-state index in [0.29, 0.717) is 17.6 Å². The van der Waals surface area contributed by atoms with Gasteiger partial charge in [-0.25, -0.2) is 9.97 Å². The van der Waals surface area contributed by atoms with E-state index in [1.165, 1.54) is 6.33 Å². The van der Waals surface area contributed by atoms with Gasteiger partial charge in [-0.2, -0.15) is 0 Å². The third-order valence-corrected chi connectivity index (χ3v) is 2.59. The molecule has 84 valence electrons. The fraction of sp³-hybridized carbons (Fsp3) is 0.556. The minimum Gasteiger partial charge on any atom is -0.383 e. The Kier molecular flexibility index (Phi) is 5.08. The second kappa shape index (κ2) is 6.10. The van der Waals surface area contributed by atoms with Crippen LogP contribution < -0.4 is 4.90 Å². The molecule has 0 aliphatic carbocycles. The molecule has 0 atom stereocenters. The monoisotopic (exact) mass is 249 g/mol. The van der Waals surface area contributed by atoms with E-state index in [4.69, 9.17) is 27.9 Å². The molecule has 1 aromatic heterocycles. The zero-order valence-electron chi connectivity index (χ0n) is 8.70. The van der Waals surface area contributed by atoms with E-state index in [9.17, 15) is 0 Å². The van der Waals surface area contributed by atoms with Crippen molar-refractivity contribution in [2.24, 2.45) is 0 Å². The lowest BCUT2D eigenvalue weighted by molar-refractivity contribution is 0.206. The van der Waals surface area contributed by atoms with E-state index in [-0.39, 0.29) is 0 Å². The van der Waals surface area contributed by atoms with Crippen LogP contribution in [0, 0.1) is 0 Å². The lowest BCUT2D eigenvalue weighted by Crippen LogP contribution is -2.24. The van der Waals surface area contributed by atoms with Gasteiger partial charge in [0.2, 0.25) is 0 Å². The summed E-state index contributed by atoms with van der Waals surface area (Å²) in [5.74, 6) is 1.05. The molecule has 4 nitrogen and oxygen atoms in total. The highest BCUT2D eigenvalue weighted by Gasteiger charge is 2.12. The van der Waals surface area contributed by atoms with Crippen molar-refractivity contribution in [1.29, 1.82) is 0 Å². The van der Waals surface area contributed by atoms with Gasteiger partial charge in [-0.3, -0.25) is 0 Å². The summed E-state index contributed by atoms with van der Waals surface area (Å²) in [4.78, 5) is 9.98. The van der Waals surface area contributed by atoms with Crippen molar-refractivity contribution >= 4 is 29.0 Å². The highest BCUT2D eigenvalue weighted by atomic mass is 35.5. The number of nitrogens with zero attached hydrogens (tertiary/aromatic N) is 3. The Morgan fingerprint density at radius 3 is 2.80 bits per heavy atom. The van der Waals surface area contributed by atoms with Crippen LogP contribution in [0.2, 0.25) is 5.15 Å². The van der Waals surface area contributed by atoms with Gasteiger partial charge in [0.15, 0.2) is 0 Å². The van der Waals surface area contributed by atoms with Gasteiger partial charge < -0.3 is 9.64 Å². The summed E-state index contributed by atoms with van der Waals surface area (Å²) in [5.41, 5.74) is 0.749. The van der Waals surface area contributed by atoms with Crippen LogP contribution in [-0.4, -0.2) is 37.3 Å². The van der Waals surface area contributed by atoms with Gasteiger partial charge >= 0.3 is 0 Å². The molecule has 0 N–H and O–H groups in total. The van der Waals surface area contributed by atoms with Gasteiger partial charge in [0.05, 0.1) is 12.5 Å². The number of aromatic nitrogens is 2. The molecule has 1 aromatic rings. The van der Waals surface area contributed by atoms with Crippen molar-refractivity contribution in [2.45, 2.75) is 5.88 Å². The fourth-order valence-electron chi connectivity index (χ4n) is 1.16. The van der Waals surface area contributed by atoms with Crippen molar-refractivity contribution in [1.82, 2.24) is 9.97 Å². The van der Waals surface area contributed by atoms with Crippen molar-refractivity contribution in [2.75, 3.05) is 32.2 Å². The molecule has 0 saturated carbocycles. The van der Waals surface area contributed by atoms with Crippen molar-refractivity contribution in [3.05, 3.63) is 17.0 Å². The maximum atomic E-state index is 5.91. The topological polar surface area (TPSA) is 38.2 Å². The van der Waals surface area contributed by atoms with Crippen LogP contribution in [0.4, 0.5) is 5.82 Å². The zero-order chi connectivity index (χ0) is 11.3. The fourth-order valence-corrected chi connectivity index (χ4v) is 1.67. The summed E-state index contributed by atoms with van der Waals surface area (Å²) < 4.78 is 4.99. The molecule has 0 spiro atoms. The molecule has 0 fully saturated rings. The third-order valence-electron chi connectivity index (χ3n) is 2.00. The van der Waals surface area contributed by atoms with E-state index in [0.717, 1.165) is 17.9 Å². The number of hydrogen-bond donors (Lipinski definition) is 0. The first-order chi connectivity index (χ1) is 7.20. The molecule has 1 heterocycles. The quantitative estimate of drug-likeness (QED) is 0.591. The SMILES string of the molecule is COCCN(C)c1ncnc(Cl)c1CCl. The van der Waals surface area contributed by atoms with Crippen LogP contribution in [-0.2, 0) is 10.6 Å². The number of ether oxygens (including phenoxy) is 1. The molecule has 0 saturated heterocycles. The predicted octanol–water partition coefficient (Wildman–Crippen LogP) is 1.95. The largest absolute Gasteiger partial charge is 0.383 e. The number of anilines is 1. The Morgan fingerprint density at radius 2 is 2.20 bits per heavy atom. The smallest absolute Gasteiger partial charge is 0.138 e.